The number of benzene rings is 2. The molecule has 0 fully saturated rings. The third-order valence-electron chi connectivity index (χ3n) is 5.42. The molecule has 0 saturated heterocycles. The number of anilines is 2. The molecule has 0 saturated carbocycles. The average Bonchev–Trinajstić information content (AvgIpc) is 3.22. The smallest absolute Gasteiger partial charge is 0.315 e. The van der Waals surface area contributed by atoms with Crippen molar-refractivity contribution < 1.29 is 14.5 Å². The number of nitro groups is 1. The lowest BCUT2D eigenvalue weighted by Crippen LogP contribution is -2.40. The number of nitro benzene ring substituents is 1. The molecule has 0 aliphatic heterocycles. The van der Waals surface area contributed by atoms with Crippen molar-refractivity contribution in [3.63, 3.8) is 0 Å². The van der Waals surface area contributed by atoms with Crippen molar-refractivity contribution in [3.05, 3.63) is 76.0 Å². The number of para-hydroxylation sites is 1. The van der Waals surface area contributed by atoms with Crippen molar-refractivity contribution in [2.24, 2.45) is 0 Å². The first-order chi connectivity index (χ1) is 16.5. The number of urea groups is 1. The Morgan fingerprint density at radius 2 is 1.74 bits per heavy atom. The number of nitrogens with zero attached hydrogens (tertiary/aromatic N) is 4. The summed E-state index contributed by atoms with van der Waals surface area (Å²) in [5.74, 6) is 0.141. The van der Waals surface area contributed by atoms with Crippen molar-refractivity contribution in [2.75, 3.05) is 23.7 Å². The van der Waals surface area contributed by atoms with Gasteiger partial charge < -0.3 is 15.5 Å². The van der Waals surface area contributed by atoms with E-state index in [9.17, 15) is 19.7 Å². The molecule has 0 radical (unpaired) electrons. The van der Waals surface area contributed by atoms with E-state index in [2.05, 4.69) is 10.6 Å². The van der Waals surface area contributed by atoms with Gasteiger partial charge >= 0.3 is 6.03 Å². The van der Waals surface area contributed by atoms with Gasteiger partial charge in [0.1, 0.15) is 12.4 Å². The molecule has 35 heavy (non-hydrogen) atoms. The monoisotopic (exact) mass is 478 g/mol. The van der Waals surface area contributed by atoms with Crippen LogP contribution < -0.4 is 10.6 Å². The number of carbonyl (C=O) groups is 2. The molecular weight excluding hydrogens is 448 g/mol. The first-order valence-corrected chi connectivity index (χ1v) is 11.3. The maximum atomic E-state index is 12.9. The Labute approximate surface area is 204 Å². The summed E-state index contributed by atoms with van der Waals surface area (Å²) in [6, 6.07) is 14.6. The van der Waals surface area contributed by atoms with Crippen LogP contribution in [0.1, 0.15) is 39.0 Å². The maximum Gasteiger partial charge on any atom is 0.322 e. The molecule has 2 N–H and O–H groups in total. The lowest BCUT2D eigenvalue weighted by Gasteiger charge is -2.21. The van der Waals surface area contributed by atoms with Crippen molar-refractivity contribution in [3.8, 4) is 5.69 Å². The van der Waals surface area contributed by atoms with Crippen LogP contribution in [-0.4, -0.2) is 44.6 Å². The highest BCUT2D eigenvalue weighted by Gasteiger charge is 2.23. The Morgan fingerprint density at radius 1 is 1.09 bits per heavy atom. The first kappa shape index (κ1) is 25.4. The number of nitrogens with one attached hydrogen (secondary N) is 2. The molecule has 3 rings (SSSR count). The Morgan fingerprint density at radius 3 is 2.31 bits per heavy atom. The molecule has 0 aliphatic carbocycles. The van der Waals surface area contributed by atoms with Gasteiger partial charge in [0.15, 0.2) is 0 Å². The highest BCUT2D eigenvalue weighted by molar-refractivity contribution is 5.96. The topological polar surface area (TPSA) is 122 Å². The summed E-state index contributed by atoms with van der Waals surface area (Å²) >= 11 is 0. The molecule has 10 nitrogen and oxygen atoms in total. The fourth-order valence-corrected chi connectivity index (χ4v) is 3.37. The zero-order valence-corrected chi connectivity index (χ0v) is 20.5. The summed E-state index contributed by atoms with van der Waals surface area (Å²) in [5.41, 5.74) is 2.76. The molecule has 10 heteroatoms. The van der Waals surface area contributed by atoms with Crippen LogP contribution in [0.5, 0.6) is 0 Å². The van der Waals surface area contributed by atoms with Gasteiger partial charge in [-0.3, -0.25) is 14.9 Å². The van der Waals surface area contributed by atoms with E-state index >= 15 is 0 Å². The summed E-state index contributed by atoms with van der Waals surface area (Å²) in [5, 5.41) is 21.1. The highest BCUT2D eigenvalue weighted by Crippen LogP contribution is 2.27. The van der Waals surface area contributed by atoms with Crippen LogP contribution in [0.25, 0.3) is 5.69 Å². The largest absolute Gasteiger partial charge is 0.322 e. The third kappa shape index (κ3) is 6.23. The van der Waals surface area contributed by atoms with E-state index in [4.69, 9.17) is 5.10 Å². The molecule has 184 valence electrons. The molecule has 0 bridgehead atoms. The predicted molar refractivity (Wildman–Crippen MR) is 135 cm³/mol. The second-order valence-corrected chi connectivity index (χ2v) is 9.16. The Kier molecular flexibility index (Phi) is 7.53. The van der Waals surface area contributed by atoms with Crippen LogP contribution in [0.15, 0.2) is 54.6 Å². The molecular formula is C25H30N6O4. The minimum atomic E-state index is -0.513. The molecule has 0 atom stereocenters. The van der Waals surface area contributed by atoms with Gasteiger partial charge in [-0.25, -0.2) is 9.48 Å². The van der Waals surface area contributed by atoms with E-state index in [1.54, 1.807) is 11.6 Å². The number of carbonyl (C=O) groups excluding carboxylic acids is 2. The van der Waals surface area contributed by atoms with E-state index < -0.39 is 11.0 Å². The van der Waals surface area contributed by atoms with Gasteiger partial charge in [-0.2, -0.15) is 5.10 Å². The average molecular weight is 479 g/mol. The van der Waals surface area contributed by atoms with Gasteiger partial charge in [0, 0.05) is 35.8 Å². The lowest BCUT2D eigenvalue weighted by atomic mass is 9.92. The van der Waals surface area contributed by atoms with E-state index in [1.807, 2.05) is 58.0 Å². The maximum absolute atomic E-state index is 12.9. The molecule has 2 aromatic carbocycles. The second-order valence-electron chi connectivity index (χ2n) is 9.16. The van der Waals surface area contributed by atoms with Crippen molar-refractivity contribution in [2.45, 2.75) is 40.0 Å². The van der Waals surface area contributed by atoms with Crippen LogP contribution in [0.3, 0.4) is 0 Å². The van der Waals surface area contributed by atoms with Crippen LogP contribution in [-0.2, 0) is 10.2 Å². The number of hydrogen-bond acceptors (Lipinski definition) is 5. The molecule has 0 aliphatic rings. The van der Waals surface area contributed by atoms with Crippen LogP contribution in [0.2, 0.25) is 0 Å². The fraction of sp³-hybridized carbons (Fsp3) is 0.320. The van der Waals surface area contributed by atoms with Gasteiger partial charge in [-0.1, -0.05) is 39.0 Å². The van der Waals surface area contributed by atoms with E-state index in [0.29, 0.717) is 11.5 Å². The lowest BCUT2D eigenvalue weighted by molar-refractivity contribution is -0.384. The van der Waals surface area contributed by atoms with E-state index in [-0.39, 0.29) is 30.1 Å². The molecule has 1 aromatic heterocycles. The summed E-state index contributed by atoms with van der Waals surface area (Å²) in [6.07, 6.45) is 0. The van der Waals surface area contributed by atoms with Gasteiger partial charge in [0.2, 0.25) is 5.91 Å². The van der Waals surface area contributed by atoms with Crippen molar-refractivity contribution in [1.29, 1.82) is 0 Å². The number of likely N-dealkylation sites (N-methyl/N-ethyl adjacent to an activating group) is 1. The standard InChI is InChI=1S/C25H30N6O4/c1-6-29(24(33)26-18-11-13-19(14-12-18)31(34)35)16-23(32)27-22-15-21(25(3,4)5)28-30(22)20-10-8-7-9-17(20)2/h7-15H,6,16H2,1-5H3,(H,26,33)(H,27,32). The quantitative estimate of drug-likeness (QED) is 0.370. The zero-order chi connectivity index (χ0) is 25.8. The van der Waals surface area contributed by atoms with Crippen LogP contribution in [0, 0.1) is 17.0 Å². The Bertz CT molecular complexity index is 1230. The normalized spacial score (nSPS) is 11.1. The SMILES string of the molecule is CCN(CC(=O)Nc1cc(C(C)(C)C)nn1-c1ccccc1C)C(=O)Nc1ccc([N+](=O)[O-])cc1. The number of rotatable bonds is 7. The van der Waals surface area contributed by atoms with Gasteiger partial charge in [0.25, 0.3) is 5.69 Å². The Balaban J connectivity index is 1.76. The second kappa shape index (κ2) is 10.4. The molecule has 3 aromatic rings. The number of aromatic nitrogens is 2. The zero-order valence-electron chi connectivity index (χ0n) is 20.5. The molecule has 0 unspecified atom stereocenters. The minimum absolute atomic E-state index is 0.0744. The summed E-state index contributed by atoms with van der Waals surface area (Å²) < 4.78 is 1.71. The summed E-state index contributed by atoms with van der Waals surface area (Å²) in [4.78, 5) is 37.3. The predicted octanol–water partition coefficient (Wildman–Crippen LogP) is 4.88. The number of non-ortho nitro benzene ring substituents is 1. The minimum Gasteiger partial charge on any atom is -0.315 e. The molecule has 0 spiro atoms. The summed E-state index contributed by atoms with van der Waals surface area (Å²) in [6.45, 7) is 9.98. The van der Waals surface area contributed by atoms with Crippen molar-refractivity contribution >= 4 is 29.1 Å². The number of aryl methyl sites for hydroxylation is 1. The molecule has 1 heterocycles. The van der Waals surface area contributed by atoms with E-state index in [1.165, 1.54) is 29.2 Å². The van der Waals surface area contributed by atoms with E-state index in [0.717, 1.165) is 16.9 Å². The summed E-state index contributed by atoms with van der Waals surface area (Å²) in [7, 11) is 0. The Hall–Kier alpha value is -4.21. The van der Waals surface area contributed by atoms with Gasteiger partial charge in [0.05, 0.1) is 16.3 Å². The third-order valence-corrected chi connectivity index (χ3v) is 5.42. The molecule has 3 amide bonds. The highest BCUT2D eigenvalue weighted by atomic mass is 16.6. The van der Waals surface area contributed by atoms with Gasteiger partial charge in [-0.15, -0.1) is 0 Å². The number of amides is 3. The number of hydrogen-bond donors (Lipinski definition) is 2. The van der Waals surface area contributed by atoms with Crippen molar-refractivity contribution in [1.82, 2.24) is 14.7 Å². The van der Waals surface area contributed by atoms with Gasteiger partial charge in [-0.05, 0) is 37.6 Å². The fourth-order valence-electron chi connectivity index (χ4n) is 3.37. The van der Waals surface area contributed by atoms with Crippen LogP contribution >= 0.6 is 0 Å². The van der Waals surface area contributed by atoms with Crippen LogP contribution in [0.4, 0.5) is 22.0 Å². The first-order valence-electron chi connectivity index (χ1n) is 11.3.